The van der Waals surface area contributed by atoms with E-state index in [1.807, 2.05) is 6.92 Å². The molecule has 1 fully saturated rings. The molecular weight excluding hydrogens is 212 g/mol. The molecule has 1 unspecified atom stereocenters. The van der Waals surface area contributed by atoms with Crippen LogP contribution in [0, 0.1) is 0 Å². The topological polar surface area (TPSA) is 40.6 Å². The summed E-state index contributed by atoms with van der Waals surface area (Å²) in [5.41, 5.74) is 0. The zero-order chi connectivity index (χ0) is 11.4. The highest BCUT2D eigenvalue weighted by Crippen LogP contribution is 2.20. The molecule has 1 rings (SSSR count). The van der Waals surface area contributed by atoms with Gasteiger partial charge in [-0.15, -0.1) is 12.6 Å². The smallest absolute Gasteiger partial charge is 0.303 e. The lowest BCUT2D eigenvalue weighted by Gasteiger charge is -2.17. The first kappa shape index (κ1) is 12.4. The number of rotatable bonds is 5. The molecular formula is C10H18N2O2S. The average molecular weight is 230 g/mol. The van der Waals surface area contributed by atoms with Crippen LogP contribution in [0.3, 0.4) is 0 Å². The number of imide groups is 1. The second kappa shape index (κ2) is 5.39. The Bertz CT molecular complexity index is 258. The number of carbonyl (C=O) groups is 2. The molecule has 1 atom stereocenters. The molecule has 0 N–H and O–H groups in total. The summed E-state index contributed by atoms with van der Waals surface area (Å²) in [6.45, 7) is 5.12. The van der Waals surface area contributed by atoms with E-state index in [1.165, 1.54) is 4.90 Å². The molecule has 86 valence electrons. The van der Waals surface area contributed by atoms with Crippen LogP contribution >= 0.6 is 12.6 Å². The van der Waals surface area contributed by atoms with Crippen LogP contribution in [-0.4, -0.2) is 40.2 Å². The highest BCUT2D eigenvalue weighted by molar-refractivity contribution is 7.81. The van der Waals surface area contributed by atoms with Crippen LogP contribution in [0.1, 0.15) is 33.1 Å². The first-order valence-corrected chi connectivity index (χ1v) is 5.95. The third-order valence-corrected chi connectivity index (χ3v) is 2.96. The van der Waals surface area contributed by atoms with E-state index in [0.717, 1.165) is 19.3 Å². The lowest BCUT2D eigenvalue weighted by Crippen LogP contribution is -2.34. The van der Waals surface area contributed by atoms with E-state index in [-0.39, 0.29) is 11.9 Å². The molecule has 0 aromatic carbocycles. The van der Waals surface area contributed by atoms with Gasteiger partial charge in [-0.05, 0) is 12.8 Å². The SMILES string of the molecule is CCCCN1C(=O)N(CCC)C(=O)C1S. The number of nitrogens with zero attached hydrogens (tertiary/aromatic N) is 2. The molecule has 0 saturated carbocycles. The predicted molar refractivity (Wildman–Crippen MR) is 61.8 cm³/mol. The van der Waals surface area contributed by atoms with Crippen molar-refractivity contribution in [1.29, 1.82) is 0 Å². The second-order valence-electron chi connectivity index (χ2n) is 3.69. The van der Waals surface area contributed by atoms with Crippen molar-refractivity contribution in [2.24, 2.45) is 0 Å². The maximum atomic E-state index is 11.8. The van der Waals surface area contributed by atoms with E-state index in [9.17, 15) is 9.59 Å². The monoisotopic (exact) mass is 230 g/mol. The van der Waals surface area contributed by atoms with Gasteiger partial charge in [0.15, 0.2) is 5.37 Å². The molecule has 4 nitrogen and oxygen atoms in total. The normalized spacial score (nSPS) is 21.7. The fourth-order valence-electron chi connectivity index (χ4n) is 1.60. The number of hydrogen-bond acceptors (Lipinski definition) is 3. The molecule has 0 aromatic rings. The third-order valence-electron chi connectivity index (χ3n) is 2.46. The zero-order valence-corrected chi connectivity index (χ0v) is 10.2. The van der Waals surface area contributed by atoms with Crippen molar-refractivity contribution in [3.05, 3.63) is 0 Å². The molecule has 1 heterocycles. The van der Waals surface area contributed by atoms with Crippen LogP contribution in [0.15, 0.2) is 0 Å². The van der Waals surface area contributed by atoms with Gasteiger partial charge in [0.25, 0.3) is 5.91 Å². The van der Waals surface area contributed by atoms with E-state index >= 15 is 0 Å². The lowest BCUT2D eigenvalue weighted by molar-refractivity contribution is -0.126. The van der Waals surface area contributed by atoms with Gasteiger partial charge in [-0.1, -0.05) is 20.3 Å². The van der Waals surface area contributed by atoms with Gasteiger partial charge in [-0.2, -0.15) is 0 Å². The maximum absolute atomic E-state index is 11.8. The van der Waals surface area contributed by atoms with E-state index < -0.39 is 5.37 Å². The van der Waals surface area contributed by atoms with Crippen LogP contribution in [0.5, 0.6) is 0 Å². The van der Waals surface area contributed by atoms with Crippen LogP contribution in [0.25, 0.3) is 0 Å². The standard InChI is InChI=1S/C10H18N2O2S/c1-3-5-7-12-9(15)8(13)11(6-4-2)10(12)14/h9,15H,3-7H2,1-2H3. The van der Waals surface area contributed by atoms with Crippen LogP contribution in [0.2, 0.25) is 0 Å². The Morgan fingerprint density at radius 3 is 2.40 bits per heavy atom. The van der Waals surface area contributed by atoms with E-state index in [4.69, 9.17) is 0 Å². The molecule has 3 amide bonds. The molecule has 0 spiro atoms. The second-order valence-corrected chi connectivity index (χ2v) is 4.18. The maximum Gasteiger partial charge on any atom is 0.328 e. The van der Waals surface area contributed by atoms with Gasteiger partial charge in [0.1, 0.15) is 0 Å². The van der Waals surface area contributed by atoms with Crippen molar-refractivity contribution >= 4 is 24.6 Å². The van der Waals surface area contributed by atoms with Crippen molar-refractivity contribution < 1.29 is 9.59 Å². The fraction of sp³-hybridized carbons (Fsp3) is 0.800. The Balaban J connectivity index is 2.67. The minimum absolute atomic E-state index is 0.179. The minimum atomic E-state index is -0.574. The Kier molecular flexibility index (Phi) is 4.45. The van der Waals surface area contributed by atoms with Crippen molar-refractivity contribution in [3.63, 3.8) is 0 Å². The number of thiol groups is 1. The zero-order valence-electron chi connectivity index (χ0n) is 9.27. The number of unbranched alkanes of at least 4 members (excludes halogenated alkanes) is 1. The van der Waals surface area contributed by atoms with Crippen molar-refractivity contribution in [1.82, 2.24) is 9.80 Å². The average Bonchev–Trinajstić information content (AvgIpc) is 2.42. The molecule has 0 aromatic heterocycles. The lowest BCUT2D eigenvalue weighted by atomic mass is 10.3. The minimum Gasteiger partial charge on any atom is -0.303 e. The fourth-order valence-corrected chi connectivity index (χ4v) is 1.96. The summed E-state index contributed by atoms with van der Waals surface area (Å²) in [7, 11) is 0. The Morgan fingerprint density at radius 1 is 1.20 bits per heavy atom. The van der Waals surface area contributed by atoms with Gasteiger partial charge in [-0.3, -0.25) is 9.69 Å². The largest absolute Gasteiger partial charge is 0.328 e. The summed E-state index contributed by atoms with van der Waals surface area (Å²) in [6, 6.07) is -0.185. The predicted octanol–water partition coefficient (Wildman–Crippen LogP) is 1.72. The van der Waals surface area contributed by atoms with Crippen molar-refractivity contribution in [2.75, 3.05) is 13.1 Å². The van der Waals surface area contributed by atoms with E-state index in [0.29, 0.717) is 13.1 Å². The van der Waals surface area contributed by atoms with E-state index in [1.54, 1.807) is 4.90 Å². The Morgan fingerprint density at radius 2 is 1.87 bits per heavy atom. The third kappa shape index (κ3) is 2.45. The van der Waals surface area contributed by atoms with E-state index in [2.05, 4.69) is 19.6 Å². The quantitative estimate of drug-likeness (QED) is 0.577. The van der Waals surface area contributed by atoms with Gasteiger partial charge in [-0.25, -0.2) is 4.79 Å². The molecule has 1 aliphatic heterocycles. The van der Waals surface area contributed by atoms with Gasteiger partial charge in [0, 0.05) is 13.1 Å². The van der Waals surface area contributed by atoms with Gasteiger partial charge < -0.3 is 4.90 Å². The Labute approximate surface area is 96.0 Å². The number of amides is 3. The number of carbonyl (C=O) groups excluding carboxylic acids is 2. The van der Waals surface area contributed by atoms with Crippen LogP contribution in [-0.2, 0) is 4.79 Å². The highest BCUT2D eigenvalue weighted by Gasteiger charge is 2.41. The van der Waals surface area contributed by atoms with Crippen molar-refractivity contribution in [2.45, 2.75) is 38.5 Å². The summed E-state index contributed by atoms with van der Waals surface area (Å²) >= 11 is 4.18. The van der Waals surface area contributed by atoms with Gasteiger partial charge in [0.05, 0.1) is 0 Å². The highest BCUT2D eigenvalue weighted by atomic mass is 32.1. The summed E-state index contributed by atoms with van der Waals surface area (Å²) < 4.78 is 0. The first-order valence-electron chi connectivity index (χ1n) is 5.43. The Hall–Kier alpha value is -0.710. The summed E-state index contributed by atoms with van der Waals surface area (Å²) in [5, 5.41) is -0.574. The molecule has 5 heteroatoms. The summed E-state index contributed by atoms with van der Waals surface area (Å²) in [4.78, 5) is 26.3. The van der Waals surface area contributed by atoms with Gasteiger partial charge >= 0.3 is 6.03 Å². The number of urea groups is 1. The molecule has 0 radical (unpaired) electrons. The van der Waals surface area contributed by atoms with Crippen LogP contribution in [0.4, 0.5) is 4.79 Å². The number of hydrogen-bond donors (Lipinski definition) is 1. The first-order chi connectivity index (χ1) is 7.13. The summed E-state index contributed by atoms with van der Waals surface area (Å²) in [5.74, 6) is -0.179. The van der Waals surface area contributed by atoms with Crippen molar-refractivity contribution in [3.8, 4) is 0 Å². The summed E-state index contributed by atoms with van der Waals surface area (Å²) in [6.07, 6.45) is 2.71. The van der Waals surface area contributed by atoms with Crippen LogP contribution < -0.4 is 0 Å². The molecule has 1 aliphatic rings. The molecule has 1 saturated heterocycles. The molecule has 0 aliphatic carbocycles. The molecule has 0 bridgehead atoms. The van der Waals surface area contributed by atoms with Gasteiger partial charge in [0.2, 0.25) is 0 Å². The molecule has 15 heavy (non-hydrogen) atoms.